The highest BCUT2D eigenvalue weighted by Crippen LogP contribution is 2.14. The molecule has 110 valence electrons. The second-order valence-corrected chi connectivity index (χ2v) is 5.91. The highest BCUT2D eigenvalue weighted by atomic mass is 32.2. The molecule has 0 aliphatic carbocycles. The minimum atomic E-state index is 0.478. The molecule has 0 aliphatic rings. The standard InChI is InChI=1S/C12H21N7S/c1-10(2)13-6-8-19-12(15-16-17-19)20-9-4-11-14-5-7-18(11)3/h5,7,10,13H,4,6,8-9H2,1-3H3. The van der Waals surface area contributed by atoms with E-state index in [2.05, 4.69) is 39.7 Å². The number of tetrazole rings is 1. The van der Waals surface area contributed by atoms with Crippen molar-refractivity contribution < 1.29 is 0 Å². The first-order valence-electron chi connectivity index (χ1n) is 6.75. The van der Waals surface area contributed by atoms with Gasteiger partial charge < -0.3 is 9.88 Å². The largest absolute Gasteiger partial charge is 0.338 e. The van der Waals surface area contributed by atoms with E-state index < -0.39 is 0 Å². The first-order valence-corrected chi connectivity index (χ1v) is 7.74. The Labute approximate surface area is 123 Å². The molecule has 0 amide bonds. The molecule has 2 aromatic heterocycles. The van der Waals surface area contributed by atoms with Gasteiger partial charge in [-0.15, -0.1) is 5.10 Å². The molecule has 7 nitrogen and oxygen atoms in total. The lowest BCUT2D eigenvalue weighted by Crippen LogP contribution is -2.27. The summed E-state index contributed by atoms with van der Waals surface area (Å²) < 4.78 is 3.88. The Hall–Kier alpha value is -1.41. The van der Waals surface area contributed by atoms with E-state index in [0.717, 1.165) is 36.2 Å². The Morgan fingerprint density at radius 1 is 1.40 bits per heavy atom. The van der Waals surface area contributed by atoms with E-state index in [1.165, 1.54) is 0 Å². The number of thioether (sulfide) groups is 1. The molecular formula is C12H21N7S. The van der Waals surface area contributed by atoms with Crippen molar-refractivity contribution in [3.05, 3.63) is 18.2 Å². The number of hydrogen-bond donors (Lipinski definition) is 1. The van der Waals surface area contributed by atoms with E-state index in [4.69, 9.17) is 0 Å². The SMILES string of the molecule is CC(C)NCCn1nnnc1SCCc1nccn1C. The van der Waals surface area contributed by atoms with Crippen LogP contribution in [0.1, 0.15) is 19.7 Å². The fourth-order valence-corrected chi connectivity index (χ4v) is 2.61. The van der Waals surface area contributed by atoms with Crippen molar-refractivity contribution in [3.8, 4) is 0 Å². The lowest BCUT2D eigenvalue weighted by molar-refractivity contribution is 0.485. The lowest BCUT2D eigenvalue weighted by atomic mass is 10.4. The number of aryl methyl sites for hydroxylation is 2. The Balaban J connectivity index is 1.78. The number of hydrogen-bond acceptors (Lipinski definition) is 6. The summed E-state index contributed by atoms with van der Waals surface area (Å²) in [7, 11) is 2.01. The second kappa shape index (κ2) is 7.39. The molecule has 8 heteroatoms. The van der Waals surface area contributed by atoms with Gasteiger partial charge in [-0.1, -0.05) is 25.6 Å². The Bertz CT molecular complexity index is 519. The molecule has 0 atom stereocenters. The van der Waals surface area contributed by atoms with Crippen molar-refractivity contribution in [3.63, 3.8) is 0 Å². The zero-order chi connectivity index (χ0) is 14.4. The zero-order valence-electron chi connectivity index (χ0n) is 12.2. The average Bonchev–Trinajstić information content (AvgIpc) is 3.00. The Morgan fingerprint density at radius 2 is 2.25 bits per heavy atom. The molecular weight excluding hydrogens is 274 g/mol. The van der Waals surface area contributed by atoms with Gasteiger partial charge in [0.15, 0.2) is 0 Å². The number of nitrogens with zero attached hydrogens (tertiary/aromatic N) is 6. The molecule has 0 spiro atoms. The molecule has 0 bridgehead atoms. The van der Waals surface area contributed by atoms with Crippen LogP contribution in [0.25, 0.3) is 0 Å². The summed E-state index contributed by atoms with van der Waals surface area (Å²) in [6, 6.07) is 0.478. The third kappa shape index (κ3) is 4.31. The maximum Gasteiger partial charge on any atom is 0.209 e. The molecule has 0 saturated carbocycles. The molecule has 0 saturated heterocycles. The van der Waals surface area contributed by atoms with Gasteiger partial charge in [0.2, 0.25) is 5.16 Å². The smallest absolute Gasteiger partial charge is 0.209 e. The van der Waals surface area contributed by atoms with Gasteiger partial charge in [-0.2, -0.15) is 0 Å². The summed E-state index contributed by atoms with van der Waals surface area (Å²) in [5.41, 5.74) is 0. The maximum absolute atomic E-state index is 4.31. The lowest BCUT2D eigenvalue weighted by Gasteiger charge is -2.08. The number of rotatable bonds is 8. The van der Waals surface area contributed by atoms with Crippen molar-refractivity contribution >= 4 is 11.8 Å². The highest BCUT2D eigenvalue weighted by molar-refractivity contribution is 7.99. The summed E-state index contributed by atoms with van der Waals surface area (Å²) in [5, 5.41) is 16.1. The van der Waals surface area contributed by atoms with Gasteiger partial charge in [-0.25, -0.2) is 9.67 Å². The highest BCUT2D eigenvalue weighted by Gasteiger charge is 2.07. The molecule has 0 unspecified atom stereocenters. The second-order valence-electron chi connectivity index (χ2n) is 4.85. The van der Waals surface area contributed by atoms with Gasteiger partial charge in [-0.3, -0.25) is 0 Å². The fourth-order valence-electron chi connectivity index (χ4n) is 1.77. The molecule has 1 N–H and O–H groups in total. The first-order chi connectivity index (χ1) is 9.66. The minimum Gasteiger partial charge on any atom is -0.338 e. The van der Waals surface area contributed by atoms with E-state index in [1.807, 2.05) is 28.7 Å². The minimum absolute atomic E-state index is 0.478. The molecule has 0 aromatic carbocycles. The Morgan fingerprint density at radius 3 is 2.95 bits per heavy atom. The van der Waals surface area contributed by atoms with E-state index in [1.54, 1.807) is 11.8 Å². The predicted molar refractivity (Wildman–Crippen MR) is 78.6 cm³/mol. The van der Waals surface area contributed by atoms with Crippen molar-refractivity contribution in [1.29, 1.82) is 0 Å². The average molecular weight is 295 g/mol. The van der Waals surface area contributed by atoms with E-state index >= 15 is 0 Å². The summed E-state index contributed by atoms with van der Waals surface area (Å²) >= 11 is 1.67. The van der Waals surface area contributed by atoms with Crippen molar-refractivity contribution in [1.82, 2.24) is 35.1 Å². The van der Waals surface area contributed by atoms with Crippen LogP contribution < -0.4 is 5.32 Å². The summed E-state index contributed by atoms with van der Waals surface area (Å²) in [5.74, 6) is 2.00. The summed E-state index contributed by atoms with van der Waals surface area (Å²) in [6.07, 6.45) is 4.69. The van der Waals surface area contributed by atoms with Crippen LogP contribution in [-0.4, -0.2) is 48.1 Å². The van der Waals surface area contributed by atoms with E-state index in [9.17, 15) is 0 Å². The first kappa shape index (κ1) is 15.0. The van der Waals surface area contributed by atoms with E-state index in [0.29, 0.717) is 6.04 Å². The molecule has 20 heavy (non-hydrogen) atoms. The van der Waals surface area contributed by atoms with Crippen LogP contribution in [0.15, 0.2) is 17.6 Å². The monoisotopic (exact) mass is 295 g/mol. The number of nitrogens with one attached hydrogen (secondary N) is 1. The maximum atomic E-state index is 4.31. The van der Waals surface area contributed by atoms with Crippen LogP contribution in [0, 0.1) is 0 Å². The third-order valence-electron chi connectivity index (χ3n) is 2.85. The van der Waals surface area contributed by atoms with Crippen LogP contribution in [0.4, 0.5) is 0 Å². The van der Waals surface area contributed by atoms with Gasteiger partial charge in [-0.05, 0) is 10.4 Å². The van der Waals surface area contributed by atoms with Crippen LogP contribution >= 0.6 is 11.8 Å². The summed E-state index contributed by atoms with van der Waals surface area (Å²) in [6.45, 7) is 5.91. The van der Waals surface area contributed by atoms with E-state index in [-0.39, 0.29) is 0 Å². The molecule has 2 heterocycles. The zero-order valence-corrected chi connectivity index (χ0v) is 13.0. The fraction of sp³-hybridized carbons (Fsp3) is 0.667. The van der Waals surface area contributed by atoms with Crippen molar-refractivity contribution in [2.24, 2.45) is 7.05 Å². The van der Waals surface area contributed by atoms with Crippen LogP contribution in [-0.2, 0) is 20.0 Å². The quantitative estimate of drug-likeness (QED) is 0.724. The van der Waals surface area contributed by atoms with Crippen LogP contribution in [0.5, 0.6) is 0 Å². The summed E-state index contributed by atoms with van der Waals surface area (Å²) in [4.78, 5) is 4.31. The van der Waals surface area contributed by atoms with Gasteiger partial charge in [0.1, 0.15) is 5.82 Å². The van der Waals surface area contributed by atoms with Gasteiger partial charge in [0.05, 0.1) is 6.54 Å². The van der Waals surface area contributed by atoms with Gasteiger partial charge in [0.25, 0.3) is 0 Å². The van der Waals surface area contributed by atoms with Crippen LogP contribution in [0.3, 0.4) is 0 Å². The Kier molecular flexibility index (Phi) is 5.54. The number of aromatic nitrogens is 6. The molecule has 0 fully saturated rings. The number of imidazole rings is 1. The predicted octanol–water partition coefficient (Wildman–Crippen LogP) is 0.739. The van der Waals surface area contributed by atoms with Gasteiger partial charge in [0, 0.05) is 44.2 Å². The van der Waals surface area contributed by atoms with Crippen molar-refractivity contribution in [2.45, 2.75) is 38.0 Å². The molecule has 0 radical (unpaired) electrons. The normalized spacial score (nSPS) is 11.4. The third-order valence-corrected chi connectivity index (χ3v) is 3.81. The van der Waals surface area contributed by atoms with Crippen molar-refractivity contribution in [2.75, 3.05) is 12.3 Å². The molecule has 2 aromatic rings. The topological polar surface area (TPSA) is 73.5 Å². The molecule has 2 rings (SSSR count). The molecule has 0 aliphatic heterocycles. The van der Waals surface area contributed by atoms with Crippen LogP contribution in [0.2, 0.25) is 0 Å². The van der Waals surface area contributed by atoms with Gasteiger partial charge >= 0.3 is 0 Å².